The Hall–Kier alpha value is -2.52. The highest BCUT2D eigenvalue weighted by atomic mass is 32.2. The Morgan fingerprint density at radius 2 is 1.64 bits per heavy atom. The summed E-state index contributed by atoms with van der Waals surface area (Å²) in [4.78, 5) is 38.4. The number of fused-ring (bicyclic) bond motifs is 5. The summed E-state index contributed by atoms with van der Waals surface area (Å²) in [7, 11) is -3.73. The lowest BCUT2D eigenvalue weighted by atomic mass is 9.85. The van der Waals surface area contributed by atoms with Crippen LogP contribution >= 0.6 is 0 Å². The monoisotopic (exact) mass is 403 g/mol. The molecule has 0 spiro atoms. The maximum absolute atomic E-state index is 12.6. The van der Waals surface area contributed by atoms with Crippen molar-refractivity contribution < 1.29 is 22.8 Å². The highest BCUT2D eigenvalue weighted by Gasteiger charge is 2.59. The Morgan fingerprint density at radius 3 is 2.18 bits per heavy atom. The van der Waals surface area contributed by atoms with E-state index in [1.165, 1.54) is 12.1 Å². The molecule has 1 saturated heterocycles. The molecule has 1 aromatic rings. The summed E-state index contributed by atoms with van der Waals surface area (Å²) >= 11 is 0. The van der Waals surface area contributed by atoms with Crippen molar-refractivity contribution in [2.75, 3.05) is 13.1 Å². The number of nitrogens with two attached hydrogens (primary N) is 1. The van der Waals surface area contributed by atoms with E-state index in [1.54, 1.807) is 12.1 Å². The fourth-order valence-corrected chi connectivity index (χ4v) is 5.03. The number of benzene rings is 1. The largest absolute Gasteiger partial charge is 0.354 e. The van der Waals surface area contributed by atoms with Gasteiger partial charge in [-0.25, -0.2) is 13.6 Å². The number of hydrogen-bond donors (Lipinski definition) is 2. The highest BCUT2D eigenvalue weighted by Crippen LogP contribution is 2.52. The molecule has 4 rings (SSSR count). The Balaban J connectivity index is 1.29. The zero-order valence-corrected chi connectivity index (χ0v) is 15.9. The number of amides is 3. The van der Waals surface area contributed by atoms with Gasteiger partial charge in [-0.3, -0.25) is 19.3 Å². The van der Waals surface area contributed by atoms with Crippen LogP contribution < -0.4 is 10.5 Å². The Bertz CT molecular complexity index is 940. The molecule has 3 N–H and O–H groups in total. The van der Waals surface area contributed by atoms with Gasteiger partial charge in [-0.1, -0.05) is 24.3 Å². The van der Waals surface area contributed by atoms with E-state index in [1.807, 2.05) is 12.2 Å². The second-order valence-electron chi connectivity index (χ2n) is 7.55. The molecule has 148 valence electrons. The molecule has 9 heteroatoms. The normalized spacial score (nSPS) is 28.1. The van der Waals surface area contributed by atoms with Gasteiger partial charge in [0.1, 0.15) is 6.54 Å². The molecule has 0 unspecified atom stereocenters. The topological polar surface area (TPSA) is 127 Å². The summed E-state index contributed by atoms with van der Waals surface area (Å²) in [5, 5.41) is 7.76. The quantitative estimate of drug-likeness (QED) is 0.502. The third-order valence-electron chi connectivity index (χ3n) is 5.85. The third kappa shape index (κ3) is 3.24. The average molecular weight is 403 g/mol. The number of nitrogens with one attached hydrogen (secondary N) is 1. The van der Waals surface area contributed by atoms with Crippen LogP contribution in [0.5, 0.6) is 0 Å². The number of hydrogen-bond acceptors (Lipinski definition) is 5. The first-order valence-corrected chi connectivity index (χ1v) is 10.7. The van der Waals surface area contributed by atoms with E-state index in [4.69, 9.17) is 5.14 Å². The van der Waals surface area contributed by atoms with Crippen LogP contribution in [0.3, 0.4) is 0 Å². The van der Waals surface area contributed by atoms with Crippen molar-refractivity contribution in [2.24, 2.45) is 28.8 Å². The maximum atomic E-state index is 12.6. The van der Waals surface area contributed by atoms with Crippen molar-refractivity contribution >= 4 is 27.7 Å². The molecule has 1 heterocycles. The molecular formula is C19H21N3O5S. The summed E-state index contributed by atoms with van der Waals surface area (Å²) in [5.41, 5.74) is 0.832. The zero-order chi connectivity index (χ0) is 20.1. The van der Waals surface area contributed by atoms with Gasteiger partial charge in [0.2, 0.25) is 27.7 Å². The first kappa shape index (κ1) is 18.8. The van der Waals surface area contributed by atoms with E-state index in [0.717, 1.165) is 16.9 Å². The zero-order valence-electron chi connectivity index (χ0n) is 15.1. The van der Waals surface area contributed by atoms with Gasteiger partial charge < -0.3 is 5.32 Å². The SMILES string of the molecule is NS(=O)(=O)c1ccc(CCNC(=O)CN2C(=O)[C@H]3[C@H](C2=O)[C@H]2C=C[C@@H]3C2)cc1. The van der Waals surface area contributed by atoms with E-state index in [9.17, 15) is 22.8 Å². The van der Waals surface area contributed by atoms with E-state index in [-0.39, 0.29) is 52.8 Å². The molecule has 0 aromatic heterocycles. The van der Waals surface area contributed by atoms with Gasteiger partial charge in [0.05, 0.1) is 16.7 Å². The standard InChI is InChI=1S/C19H21N3O5S/c20-28(26,27)14-5-1-11(2-6-14)7-8-21-15(23)10-22-18(24)16-12-3-4-13(9-12)17(16)19(22)25/h1-6,12-13,16-17H,7-10H2,(H,21,23)(H2,20,26,27)/t12-,13+,16-,17-/m1/s1. The molecule has 8 nitrogen and oxygen atoms in total. The molecule has 0 radical (unpaired) electrons. The molecule has 2 fully saturated rings. The summed E-state index contributed by atoms with van der Waals surface area (Å²) in [6.07, 6.45) is 5.37. The molecule has 1 aromatic carbocycles. The lowest BCUT2D eigenvalue weighted by Crippen LogP contribution is -2.42. The number of carbonyl (C=O) groups excluding carboxylic acids is 3. The first-order chi connectivity index (χ1) is 13.3. The minimum atomic E-state index is -3.73. The summed E-state index contributed by atoms with van der Waals surface area (Å²) in [6.45, 7) is 0.0535. The number of allylic oxidation sites excluding steroid dienone is 2. The lowest BCUT2D eigenvalue weighted by molar-refractivity contribution is -0.144. The van der Waals surface area contributed by atoms with Crippen LogP contribution in [0.15, 0.2) is 41.3 Å². The van der Waals surface area contributed by atoms with Gasteiger partial charge >= 0.3 is 0 Å². The van der Waals surface area contributed by atoms with Crippen molar-refractivity contribution in [2.45, 2.75) is 17.7 Å². The molecule has 28 heavy (non-hydrogen) atoms. The summed E-state index contributed by atoms with van der Waals surface area (Å²) < 4.78 is 22.5. The smallest absolute Gasteiger partial charge is 0.240 e. The second-order valence-corrected chi connectivity index (χ2v) is 9.11. The molecule has 4 atom stereocenters. The molecule has 3 amide bonds. The van der Waals surface area contributed by atoms with Crippen molar-refractivity contribution in [3.8, 4) is 0 Å². The molecule has 1 aliphatic heterocycles. The molecular weight excluding hydrogens is 382 g/mol. The Kier molecular flexibility index (Phi) is 4.59. The van der Waals surface area contributed by atoms with Crippen molar-refractivity contribution in [3.05, 3.63) is 42.0 Å². The van der Waals surface area contributed by atoms with Crippen molar-refractivity contribution in [1.29, 1.82) is 0 Å². The third-order valence-corrected chi connectivity index (χ3v) is 6.78. The van der Waals surface area contributed by atoms with Crippen LogP contribution in [0, 0.1) is 23.7 Å². The van der Waals surface area contributed by atoms with Crippen LogP contribution in [0.2, 0.25) is 0 Å². The van der Waals surface area contributed by atoms with E-state index >= 15 is 0 Å². The Morgan fingerprint density at radius 1 is 1.07 bits per heavy atom. The minimum absolute atomic E-state index is 0.0281. The van der Waals surface area contributed by atoms with Gasteiger partial charge in [-0.15, -0.1) is 0 Å². The average Bonchev–Trinajstić information content (AvgIpc) is 3.31. The van der Waals surface area contributed by atoms with Gasteiger partial charge in [-0.2, -0.15) is 0 Å². The fourth-order valence-electron chi connectivity index (χ4n) is 4.51. The molecule has 2 bridgehead atoms. The number of imide groups is 1. The highest BCUT2D eigenvalue weighted by molar-refractivity contribution is 7.89. The summed E-state index contributed by atoms with van der Waals surface area (Å²) in [6, 6.07) is 6.08. The van der Waals surface area contributed by atoms with E-state index < -0.39 is 10.0 Å². The molecule has 3 aliphatic rings. The molecule has 2 aliphatic carbocycles. The number of carbonyl (C=O) groups is 3. The minimum Gasteiger partial charge on any atom is -0.354 e. The van der Waals surface area contributed by atoms with Gasteiger partial charge in [-0.05, 0) is 42.4 Å². The number of rotatable bonds is 6. The summed E-state index contributed by atoms with van der Waals surface area (Å²) in [5.74, 6) is -1.20. The second kappa shape index (κ2) is 6.82. The fraction of sp³-hybridized carbons (Fsp3) is 0.421. The van der Waals surface area contributed by atoms with Crippen LogP contribution in [0.4, 0.5) is 0 Å². The number of likely N-dealkylation sites (tertiary alicyclic amines) is 1. The number of sulfonamides is 1. The van der Waals surface area contributed by atoms with Crippen LogP contribution in [-0.4, -0.2) is 44.1 Å². The van der Waals surface area contributed by atoms with Crippen LogP contribution in [0.1, 0.15) is 12.0 Å². The lowest BCUT2D eigenvalue weighted by Gasteiger charge is -2.16. The van der Waals surface area contributed by atoms with Crippen LogP contribution in [-0.2, 0) is 30.8 Å². The van der Waals surface area contributed by atoms with Gasteiger partial charge in [0.25, 0.3) is 0 Å². The Labute approximate surface area is 162 Å². The maximum Gasteiger partial charge on any atom is 0.240 e. The van der Waals surface area contributed by atoms with Crippen molar-refractivity contribution in [3.63, 3.8) is 0 Å². The number of nitrogens with zero attached hydrogens (tertiary/aromatic N) is 1. The molecule has 1 saturated carbocycles. The predicted molar refractivity (Wildman–Crippen MR) is 99.0 cm³/mol. The van der Waals surface area contributed by atoms with Crippen LogP contribution in [0.25, 0.3) is 0 Å². The van der Waals surface area contributed by atoms with Gasteiger partial charge in [0.15, 0.2) is 0 Å². The first-order valence-electron chi connectivity index (χ1n) is 9.17. The van der Waals surface area contributed by atoms with E-state index in [2.05, 4.69) is 5.32 Å². The van der Waals surface area contributed by atoms with Crippen molar-refractivity contribution in [1.82, 2.24) is 10.2 Å². The predicted octanol–water partition coefficient (Wildman–Crippen LogP) is -0.200. The number of primary sulfonamides is 1. The van der Waals surface area contributed by atoms with Gasteiger partial charge in [0, 0.05) is 6.54 Å². The van der Waals surface area contributed by atoms with E-state index in [0.29, 0.717) is 13.0 Å².